The van der Waals surface area contributed by atoms with Crippen molar-refractivity contribution in [1.82, 2.24) is 20.0 Å². The van der Waals surface area contributed by atoms with E-state index in [1.165, 1.54) is 0 Å². The van der Waals surface area contributed by atoms with Crippen molar-refractivity contribution in [1.29, 1.82) is 0 Å². The fourth-order valence-electron chi connectivity index (χ4n) is 2.97. The van der Waals surface area contributed by atoms with E-state index in [2.05, 4.69) is 25.3 Å². The van der Waals surface area contributed by atoms with Crippen LogP contribution in [0.3, 0.4) is 0 Å². The van der Waals surface area contributed by atoms with Gasteiger partial charge in [-0.3, -0.25) is 9.48 Å². The summed E-state index contributed by atoms with van der Waals surface area (Å²) in [7, 11) is 1.72. The van der Waals surface area contributed by atoms with E-state index in [-0.39, 0.29) is 18.4 Å². The molecule has 2 aromatic rings. The van der Waals surface area contributed by atoms with Crippen LogP contribution >= 0.6 is 0 Å². The number of aryl methyl sites for hydroxylation is 2. The second-order valence-corrected chi connectivity index (χ2v) is 6.27. The third-order valence-corrected chi connectivity index (χ3v) is 4.69. The SMILES string of the molecule is Cc1nc(-c2nnn(C)c2CN=[N+]=[N-])ccc1OCC1CCC1C(=O)O. The molecule has 2 atom stereocenters. The van der Waals surface area contributed by atoms with Gasteiger partial charge in [-0.2, -0.15) is 0 Å². The fraction of sp³-hybridized carbons (Fsp3) is 0.500. The van der Waals surface area contributed by atoms with Crippen LogP contribution < -0.4 is 4.74 Å². The Hall–Kier alpha value is -3.13. The highest BCUT2D eigenvalue weighted by Crippen LogP contribution is 2.35. The molecule has 0 spiro atoms. The highest BCUT2D eigenvalue weighted by molar-refractivity contribution is 5.71. The van der Waals surface area contributed by atoms with Gasteiger partial charge < -0.3 is 9.84 Å². The fourth-order valence-corrected chi connectivity index (χ4v) is 2.97. The topological polar surface area (TPSA) is 139 Å². The molecule has 3 rings (SSSR count). The zero-order valence-corrected chi connectivity index (χ0v) is 14.5. The molecule has 0 radical (unpaired) electrons. The maximum Gasteiger partial charge on any atom is 0.306 e. The van der Waals surface area contributed by atoms with Crippen LogP contribution in [0.25, 0.3) is 21.8 Å². The molecule has 26 heavy (non-hydrogen) atoms. The molecular formula is C16H19N7O3. The lowest BCUT2D eigenvalue weighted by Crippen LogP contribution is -2.36. The summed E-state index contributed by atoms with van der Waals surface area (Å²) in [6.45, 7) is 2.32. The molecule has 0 amide bonds. The number of rotatable bonds is 7. The first-order valence-electron chi connectivity index (χ1n) is 8.24. The van der Waals surface area contributed by atoms with Crippen molar-refractivity contribution in [3.05, 3.63) is 34.0 Å². The van der Waals surface area contributed by atoms with Crippen LogP contribution in [0.2, 0.25) is 0 Å². The number of aliphatic carboxylic acids is 1. The van der Waals surface area contributed by atoms with E-state index in [0.717, 1.165) is 6.42 Å². The van der Waals surface area contributed by atoms with E-state index >= 15 is 0 Å². The minimum Gasteiger partial charge on any atom is -0.491 e. The third kappa shape index (κ3) is 3.45. The zero-order chi connectivity index (χ0) is 18.7. The first kappa shape index (κ1) is 17.7. The molecule has 1 aliphatic rings. The Labute approximate surface area is 149 Å². The van der Waals surface area contributed by atoms with Gasteiger partial charge in [0.15, 0.2) is 0 Å². The van der Waals surface area contributed by atoms with Crippen molar-refractivity contribution in [2.75, 3.05) is 6.61 Å². The van der Waals surface area contributed by atoms with Gasteiger partial charge in [-0.1, -0.05) is 10.3 Å². The summed E-state index contributed by atoms with van der Waals surface area (Å²) in [5, 5.41) is 20.7. The van der Waals surface area contributed by atoms with Crippen molar-refractivity contribution < 1.29 is 14.6 Å². The van der Waals surface area contributed by atoms with E-state index in [4.69, 9.17) is 15.4 Å². The Morgan fingerprint density at radius 2 is 2.31 bits per heavy atom. The normalized spacial score (nSPS) is 18.7. The molecule has 2 unspecified atom stereocenters. The maximum atomic E-state index is 11.1. The van der Waals surface area contributed by atoms with E-state index in [0.29, 0.717) is 41.6 Å². The monoisotopic (exact) mass is 357 g/mol. The summed E-state index contributed by atoms with van der Waals surface area (Å²) in [6.07, 6.45) is 1.57. The van der Waals surface area contributed by atoms with Crippen LogP contribution in [0.1, 0.15) is 24.2 Å². The maximum absolute atomic E-state index is 11.1. The van der Waals surface area contributed by atoms with Crippen LogP contribution in [0.15, 0.2) is 17.2 Å². The molecule has 1 fully saturated rings. The van der Waals surface area contributed by atoms with E-state index in [9.17, 15) is 4.79 Å². The van der Waals surface area contributed by atoms with Crippen LogP contribution in [-0.2, 0) is 18.4 Å². The number of hydrogen-bond acceptors (Lipinski definition) is 6. The number of carboxylic acid groups (broad SMARTS) is 1. The highest BCUT2D eigenvalue weighted by Gasteiger charge is 2.37. The minimum absolute atomic E-state index is 0.0435. The van der Waals surface area contributed by atoms with Crippen LogP contribution in [0.5, 0.6) is 5.75 Å². The first-order valence-corrected chi connectivity index (χ1v) is 8.24. The number of hydrogen-bond donors (Lipinski definition) is 1. The van der Waals surface area contributed by atoms with Gasteiger partial charge in [0, 0.05) is 17.9 Å². The molecule has 10 nitrogen and oxygen atoms in total. The van der Waals surface area contributed by atoms with Crippen LogP contribution in [-0.4, -0.2) is 37.7 Å². The predicted molar refractivity (Wildman–Crippen MR) is 91.2 cm³/mol. The zero-order valence-electron chi connectivity index (χ0n) is 14.5. The number of pyridine rings is 1. The minimum atomic E-state index is -0.759. The molecule has 0 bridgehead atoms. The number of carbonyl (C=O) groups is 1. The molecular weight excluding hydrogens is 338 g/mol. The van der Waals surface area contributed by atoms with Crippen LogP contribution in [0.4, 0.5) is 0 Å². The van der Waals surface area contributed by atoms with E-state index in [1.807, 2.05) is 6.92 Å². The molecule has 1 aliphatic carbocycles. The Morgan fingerprint density at radius 1 is 1.50 bits per heavy atom. The van der Waals surface area contributed by atoms with Crippen molar-refractivity contribution in [3.8, 4) is 17.1 Å². The lowest BCUT2D eigenvalue weighted by molar-refractivity contribution is -0.148. The molecule has 10 heteroatoms. The summed E-state index contributed by atoms with van der Waals surface area (Å²) in [6, 6.07) is 3.56. The van der Waals surface area contributed by atoms with Gasteiger partial charge in [-0.05, 0) is 37.4 Å². The van der Waals surface area contributed by atoms with Gasteiger partial charge in [-0.15, -0.1) is 5.10 Å². The molecule has 0 aliphatic heterocycles. The van der Waals surface area contributed by atoms with E-state index in [1.54, 1.807) is 23.9 Å². The van der Waals surface area contributed by atoms with Crippen molar-refractivity contribution >= 4 is 5.97 Å². The molecule has 0 aromatic carbocycles. The van der Waals surface area contributed by atoms with Gasteiger partial charge in [0.05, 0.1) is 36.2 Å². The summed E-state index contributed by atoms with van der Waals surface area (Å²) < 4.78 is 7.33. The second-order valence-electron chi connectivity index (χ2n) is 6.27. The Balaban J connectivity index is 1.74. The standard InChI is InChI=1S/C16H19N7O3/c1-9-14(26-8-10-3-4-11(10)16(24)25)6-5-12(19-9)15-13(7-18-21-17)23(2)22-20-15/h5-6,10-11H,3-4,7-8H2,1-2H3,(H,24,25). The summed E-state index contributed by atoms with van der Waals surface area (Å²) in [5.74, 6) is -0.414. The highest BCUT2D eigenvalue weighted by atomic mass is 16.5. The van der Waals surface area contributed by atoms with Gasteiger partial charge in [0.25, 0.3) is 0 Å². The van der Waals surface area contributed by atoms with Crippen LogP contribution in [0, 0.1) is 18.8 Å². The third-order valence-electron chi connectivity index (χ3n) is 4.69. The number of ether oxygens (including phenoxy) is 1. The van der Waals surface area contributed by atoms with Crippen molar-refractivity contribution in [2.45, 2.75) is 26.3 Å². The summed E-state index contributed by atoms with van der Waals surface area (Å²) in [4.78, 5) is 18.3. The molecule has 1 saturated carbocycles. The number of carboxylic acids is 1. The van der Waals surface area contributed by atoms with Gasteiger partial charge in [0.1, 0.15) is 11.4 Å². The van der Waals surface area contributed by atoms with Gasteiger partial charge >= 0.3 is 5.97 Å². The Kier molecular flexibility index (Phi) is 5.04. The molecule has 136 valence electrons. The van der Waals surface area contributed by atoms with Crippen molar-refractivity contribution in [3.63, 3.8) is 0 Å². The Morgan fingerprint density at radius 3 is 2.92 bits per heavy atom. The number of aromatic nitrogens is 4. The molecule has 2 heterocycles. The molecule has 1 N–H and O–H groups in total. The van der Waals surface area contributed by atoms with Gasteiger partial charge in [0.2, 0.25) is 0 Å². The first-order chi connectivity index (χ1) is 12.5. The smallest absolute Gasteiger partial charge is 0.306 e. The second kappa shape index (κ2) is 7.40. The summed E-state index contributed by atoms with van der Waals surface area (Å²) >= 11 is 0. The average Bonchev–Trinajstić information content (AvgIpc) is 2.93. The van der Waals surface area contributed by atoms with Gasteiger partial charge in [-0.25, -0.2) is 4.98 Å². The Bertz CT molecular complexity index is 873. The van der Waals surface area contributed by atoms with E-state index < -0.39 is 5.97 Å². The number of nitrogens with zero attached hydrogens (tertiary/aromatic N) is 7. The number of azide groups is 1. The average molecular weight is 357 g/mol. The summed E-state index contributed by atoms with van der Waals surface area (Å²) in [5.41, 5.74) is 11.0. The predicted octanol–water partition coefficient (Wildman–Crippen LogP) is 2.49. The largest absolute Gasteiger partial charge is 0.491 e. The quantitative estimate of drug-likeness (QED) is 0.459. The lowest BCUT2D eigenvalue weighted by atomic mass is 9.74. The molecule has 0 saturated heterocycles. The molecule has 2 aromatic heterocycles. The van der Waals surface area contributed by atoms with Crippen molar-refractivity contribution in [2.24, 2.45) is 24.0 Å². The lowest BCUT2D eigenvalue weighted by Gasteiger charge is -2.33.